The molecule has 3 aromatic heterocycles. The van der Waals surface area contributed by atoms with Gasteiger partial charge in [-0.1, -0.05) is 6.07 Å². The number of aromatic nitrogens is 4. The zero-order chi connectivity index (χ0) is 19.1. The highest BCUT2D eigenvalue weighted by molar-refractivity contribution is 6.28. The van der Waals surface area contributed by atoms with Crippen LogP contribution >= 0.6 is 11.6 Å². The maximum atomic E-state index is 13.1. The molecule has 0 saturated carbocycles. The second kappa shape index (κ2) is 6.78. The molecule has 0 saturated heterocycles. The van der Waals surface area contributed by atoms with E-state index in [1.807, 2.05) is 53.8 Å². The van der Waals surface area contributed by atoms with Crippen LogP contribution < -0.4 is 0 Å². The van der Waals surface area contributed by atoms with Crippen molar-refractivity contribution in [3.05, 3.63) is 64.6 Å². The van der Waals surface area contributed by atoms with Gasteiger partial charge in [0.2, 0.25) is 5.28 Å². The van der Waals surface area contributed by atoms with E-state index in [1.165, 1.54) is 0 Å². The van der Waals surface area contributed by atoms with Gasteiger partial charge in [-0.2, -0.15) is 0 Å². The SMILES string of the molecule is Cc1cccc(CN2CC(C)n3cc(-c4nc(Cl)ncc4C)cc3C2=O)n1. The molecule has 1 amide bonds. The summed E-state index contributed by atoms with van der Waals surface area (Å²) in [7, 11) is 0. The molecule has 0 aromatic carbocycles. The second-order valence-electron chi connectivity index (χ2n) is 7.00. The van der Waals surface area contributed by atoms with Crippen molar-refractivity contribution in [3.8, 4) is 11.3 Å². The molecule has 27 heavy (non-hydrogen) atoms. The number of fused-ring (bicyclic) bond motifs is 1. The lowest BCUT2D eigenvalue weighted by Gasteiger charge is -2.32. The summed E-state index contributed by atoms with van der Waals surface area (Å²) in [4.78, 5) is 27.8. The van der Waals surface area contributed by atoms with Crippen LogP contribution in [-0.4, -0.2) is 36.9 Å². The van der Waals surface area contributed by atoms with Gasteiger partial charge in [0.15, 0.2) is 0 Å². The summed E-state index contributed by atoms with van der Waals surface area (Å²) in [5, 5.41) is 0.200. The molecule has 6 nitrogen and oxygen atoms in total. The normalized spacial score (nSPS) is 16.5. The molecule has 0 bridgehead atoms. The fourth-order valence-corrected chi connectivity index (χ4v) is 3.66. The molecule has 1 aliphatic heterocycles. The van der Waals surface area contributed by atoms with Crippen molar-refractivity contribution < 1.29 is 4.79 Å². The summed E-state index contributed by atoms with van der Waals surface area (Å²) in [5.41, 5.74) is 5.06. The lowest BCUT2D eigenvalue weighted by atomic mass is 10.1. The van der Waals surface area contributed by atoms with Crippen LogP contribution in [0.25, 0.3) is 11.3 Å². The molecule has 4 heterocycles. The third-order valence-electron chi connectivity index (χ3n) is 4.83. The number of rotatable bonds is 3. The molecule has 0 aliphatic carbocycles. The largest absolute Gasteiger partial charge is 0.338 e. The van der Waals surface area contributed by atoms with Crippen LogP contribution in [0.2, 0.25) is 5.28 Å². The van der Waals surface area contributed by atoms with Crippen molar-refractivity contribution in [1.82, 2.24) is 24.4 Å². The quantitative estimate of drug-likeness (QED) is 0.647. The molecule has 7 heteroatoms. The summed E-state index contributed by atoms with van der Waals surface area (Å²) in [5.74, 6) is 0.000428. The minimum Gasteiger partial charge on any atom is -0.338 e. The van der Waals surface area contributed by atoms with Gasteiger partial charge >= 0.3 is 0 Å². The topological polar surface area (TPSA) is 63.9 Å². The Morgan fingerprint density at radius 2 is 2.07 bits per heavy atom. The molecule has 1 atom stereocenters. The Balaban J connectivity index is 1.68. The van der Waals surface area contributed by atoms with Gasteiger partial charge in [0, 0.05) is 36.2 Å². The van der Waals surface area contributed by atoms with Gasteiger partial charge in [-0.3, -0.25) is 9.78 Å². The average Bonchev–Trinajstić information content (AvgIpc) is 3.07. The molecule has 0 fully saturated rings. The molecular formula is C20H20ClN5O. The minimum absolute atomic E-state index is 0.000428. The van der Waals surface area contributed by atoms with Gasteiger partial charge in [0.1, 0.15) is 5.69 Å². The lowest BCUT2D eigenvalue weighted by molar-refractivity contribution is 0.0659. The van der Waals surface area contributed by atoms with E-state index >= 15 is 0 Å². The van der Waals surface area contributed by atoms with E-state index in [0.717, 1.165) is 28.2 Å². The van der Waals surface area contributed by atoms with E-state index in [4.69, 9.17) is 11.6 Å². The predicted octanol–water partition coefficient (Wildman–Crippen LogP) is 3.83. The van der Waals surface area contributed by atoms with Gasteiger partial charge in [0.05, 0.1) is 17.9 Å². The highest BCUT2D eigenvalue weighted by atomic mass is 35.5. The van der Waals surface area contributed by atoms with Gasteiger partial charge in [-0.15, -0.1) is 0 Å². The number of carbonyl (C=O) groups is 1. The highest BCUT2D eigenvalue weighted by Gasteiger charge is 2.30. The Labute approximate surface area is 162 Å². The molecule has 138 valence electrons. The predicted molar refractivity (Wildman–Crippen MR) is 104 cm³/mol. The highest BCUT2D eigenvalue weighted by Crippen LogP contribution is 2.30. The Morgan fingerprint density at radius 1 is 1.26 bits per heavy atom. The summed E-state index contributed by atoms with van der Waals surface area (Å²) in [6, 6.07) is 7.93. The van der Waals surface area contributed by atoms with Crippen LogP contribution in [0.1, 0.15) is 40.4 Å². The fraction of sp³-hybridized carbons (Fsp3) is 0.300. The Kier molecular flexibility index (Phi) is 4.44. The molecule has 3 aromatic rings. The Hall–Kier alpha value is -2.73. The monoisotopic (exact) mass is 381 g/mol. The van der Waals surface area contributed by atoms with E-state index in [1.54, 1.807) is 6.20 Å². The van der Waals surface area contributed by atoms with Gasteiger partial charge in [0.25, 0.3) is 5.91 Å². The second-order valence-corrected chi connectivity index (χ2v) is 7.34. The standard InChI is InChI=1S/C20H20ClN5O/c1-12-8-22-20(21)24-18(12)15-7-17-19(27)25(9-14(3)26(17)10-15)11-16-6-4-5-13(2)23-16/h4-8,10,14H,9,11H2,1-3H3. The Bertz CT molecular complexity index is 1030. The van der Waals surface area contributed by atoms with Crippen molar-refractivity contribution in [1.29, 1.82) is 0 Å². The van der Waals surface area contributed by atoms with E-state index in [9.17, 15) is 4.79 Å². The number of amides is 1. The molecule has 4 rings (SSSR count). The number of hydrogen-bond donors (Lipinski definition) is 0. The fourth-order valence-electron chi connectivity index (χ4n) is 3.53. The number of halogens is 1. The van der Waals surface area contributed by atoms with E-state index < -0.39 is 0 Å². The summed E-state index contributed by atoms with van der Waals surface area (Å²) in [6.45, 7) is 7.14. The van der Waals surface area contributed by atoms with E-state index in [-0.39, 0.29) is 17.2 Å². The van der Waals surface area contributed by atoms with Crippen molar-refractivity contribution in [3.63, 3.8) is 0 Å². The van der Waals surface area contributed by atoms with Gasteiger partial charge in [-0.05, 0) is 56.1 Å². The number of nitrogens with zero attached hydrogens (tertiary/aromatic N) is 5. The van der Waals surface area contributed by atoms with Gasteiger partial charge in [-0.25, -0.2) is 9.97 Å². The van der Waals surface area contributed by atoms with Crippen LogP contribution in [0.5, 0.6) is 0 Å². The third kappa shape index (κ3) is 3.32. The summed E-state index contributed by atoms with van der Waals surface area (Å²) < 4.78 is 2.02. The van der Waals surface area contributed by atoms with Crippen LogP contribution in [0.15, 0.2) is 36.7 Å². The smallest absolute Gasteiger partial charge is 0.270 e. The maximum Gasteiger partial charge on any atom is 0.270 e. The molecule has 0 radical (unpaired) electrons. The van der Waals surface area contributed by atoms with Gasteiger partial charge < -0.3 is 9.47 Å². The van der Waals surface area contributed by atoms with Crippen molar-refractivity contribution in [2.75, 3.05) is 6.54 Å². The molecule has 1 aliphatic rings. The summed E-state index contributed by atoms with van der Waals surface area (Å²) in [6.07, 6.45) is 3.67. The number of aryl methyl sites for hydroxylation is 2. The van der Waals surface area contributed by atoms with Crippen LogP contribution in [0.3, 0.4) is 0 Å². The van der Waals surface area contributed by atoms with E-state index in [0.29, 0.717) is 18.8 Å². The van der Waals surface area contributed by atoms with Crippen molar-refractivity contribution >= 4 is 17.5 Å². The first kappa shape index (κ1) is 17.7. The number of carbonyl (C=O) groups excluding carboxylic acids is 1. The molecular weight excluding hydrogens is 362 g/mol. The number of pyridine rings is 1. The first-order chi connectivity index (χ1) is 12.9. The maximum absolute atomic E-state index is 13.1. The number of hydrogen-bond acceptors (Lipinski definition) is 4. The van der Waals surface area contributed by atoms with Crippen LogP contribution in [0.4, 0.5) is 0 Å². The first-order valence-electron chi connectivity index (χ1n) is 8.85. The summed E-state index contributed by atoms with van der Waals surface area (Å²) >= 11 is 5.97. The minimum atomic E-state index is 0.000428. The van der Waals surface area contributed by atoms with Crippen LogP contribution in [0, 0.1) is 13.8 Å². The molecule has 0 spiro atoms. The van der Waals surface area contributed by atoms with Crippen molar-refractivity contribution in [2.24, 2.45) is 0 Å². The van der Waals surface area contributed by atoms with E-state index in [2.05, 4.69) is 21.9 Å². The Morgan fingerprint density at radius 3 is 2.85 bits per heavy atom. The third-order valence-corrected chi connectivity index (χ3v) is 5.01. The zero-order valence-corrected chi connectivity index (χ0v) is 16.2. The lowest BCUT2D eigenvalue weighted by Crippen LogP contribution is -2.41. The zero-order valence-electron chi connectivity index (χ0n) is 15.5. The molecule has 0 N–H and O–H groups in total. The van der Waals surface area contributed by atoms with Crippen LogP contribution in [-0.2, 0) is 6.54 Å². The average molecular weight is 382 g/mol. The first-order valence-corrected chi connectivity index (χ1v) is 9.23. The molecule has 1 unspecified atom stereocenters. The van der Waals surface area contributed by atoms with Crippen molar-refractivity contribution in [2.45, 2.75) is 33.4 Å².